The second kappa shape index (κ2) is 9.61. The van der Waals surface area contributed by atoms with E-state index in [1.165, 1.54) is 0 Å². The standard InChI is InChI=1S/C14H21N3O2.H3O4P/c1-3-19-14-10-12(4-5-13(14)18)11-15-17-8-6-16(2)7-9-17;1-5(2,3)4/h4-5,10-11,18H,3,6-9H2,1-2H3;(H3,1,2,3,4)/b15-11+;. The van der Waals surface area contributed by atoms with Crippen molar-refractivity contribution in [2.45, 2.75) is 6.92 Å². The molecule has 2 rings (SSSR count). The topological polar surface area (TPSA) is 126 Å². The Morgan fingerprint density at radius 2 is 1.83 bits per heavy atom. The molecule has 0 spiro atoms. The van der Waals surface area contributed by atoms with Gasteiger partial charge in [-0.2, -0.15) is 5.10 Å². The van der Waals surface area contributed by atoms with Crippen molar-refractivity contribution in [3.63, 3.8) is 0 Å². The molecule has 0 saturated carbocycles. The van der Waals surface area contributed by atoms with Crippen LogP contribution in [0.25, 0.3) is 0 Å². The number of likely N-dealkylation sites (N-methyl/N-ethyl adjacent to an activating group) is 1. The van der Waals surface area contributed by atoms with E-state index in [9.17, 15) is 5.11 Å². The van der Waals surface area contributed by atoms with E-state index >= 15 is 0 Å². The lowest BCUT2D eigenvalue weighted by Crippen LogP contribution is -2.41. The van der Waals surface area contributed by atoms with Crippen LogP contribution in [0.3, 0.4) is 0 Å². The van der Waals surface area contributed by atoms with E-state index < -0.39 is 7.82 Å². The summed E-state index contributed by atoms with van der Waals surface area (Å²) < 4.78 is 14.2. The van der Waals surface area contributed by atoms with E-state index in [2.05, 4.69) is 22.1 Å². The van der Waals surface area contributed by atoms with E-state index in [0.29, 0.717) is 12.4 Å². The fourth-order valence-electron chi connectivity index (χ4n) is 1.94. The number of hydrazone groups is 1. The third kappa shape index (κ3) is 8.85. The largest absolute Gasteiger partial charge is 0.504 e. The van der Waals surface area contributed by atoms with E-state index in [1.807, 2.05) is 19.2 Å². The van der Waals surface area contributed by atoms with Gasteiger partial charge in [0.15, 0.2) is 11.5 Å². The molecule has 0 aromatic heterocycles. The molecule has 1 aromatic rings. The van der Waals surface area contributed by atoms with Gasteiger partial charge in [-0.15, -0.1) is 0 Å². The van der Waals surface area contributed by atoms with Crippen LogP contribution in [-0.2, 0) is 4.57 Å². The first-order valence-corrected chi connectivity index (χ1v) is 8.97. The fraction of sp³-hybridized carbons (Fsp3) is 0.500. The maximum Gasteiger partial charge on any atom is 0.466 e. The van der Waals surface area contributed by atoms with E-state index in [4.69, 9.17) is 24.0 Å². The van der Waals surface area contributed by atoms with Crippen LogP contribution in [0.4, 0.5) is 0 Å². The lowest BCUT2D eigenvalue weighted by molar-refractivity contribution is 0.159. The Labute approximate surface area is 141 Å². The summed E-state index contributed by atoms with van der Waals surface area (Å²) in [7, 11) is -2.52. The minimum absolute atomic E-state index is 0.165. The first-order chi connectivity index (χ1) is 11.2. The second-order valence-electron chi connectivity index (χ2n) is 5.17. The number of hydrogen-bond acceptors (Lipinski definition) is 6. The molecule has 136 valence electrons. The van der Waals surface area contributed by atoms with Crippen LogP contribution < -0.4 is 4.74 Å². The van der Waals surface area contributed by atoms with Crippen LogP contribution in [0.1, 0.15) is 12.5 Å². The third-order valence-corrected chi connectivity index (χ3v) is 3.13. The predicted molar refractivity (Wildman–Crippen MR) is 90.2 cm³/mol. The maximum absolute atomic E-state index is 9.63. The first-order valence-electron chi connectivity index (χ1n) is 7.40. The Morgan fingerprint density at radius 3 is 2.38 bits per heavy atom. The molecule has 10 heteroatoms. The van der Waals surface area contributed by atoms with Crippen molar-refractivity contribution in [3.8, 4) is 11.5 Å². The molecule has 1 heterocycles. The van der Waals surface area contributed by atoms with Gasteiger partial charge in [0.1, 0.15) is 0 Å². The molecular weight excluding hydrogens is 337 g/mol. The Bertz CT molecular complexity index is 576. The molecule has 0 amide bonds. The molecule has 0 aliphatic carbocycles. The number of phenols is 1. The predicted octanol–water partition coefficient (Wildman–Crippen LogP) is 0.444. The molecular formula is C14H24N3O6P. The molecule has 4 N–H and O–H groups in total. The van der Waals surface area contributed by atoms with Crippen LogP contribution in [0.15, 0.2) is 23.3 Å². The van der Waals surface area contributed by atoms with Crippen LogP contribution in [0.2, 0.25) is 0 Å². The summed E-state index contributed by atoms with van der Waals surface area (Å²) >= 11 is 0. The summed E-state index contributed by atoms with van der Waals surface area (Å²) in [6, 6.07) is 5.27. The molecule has 0 atom stereocenters. The summed E-state index contributed by atoms with van der Waals surface area (Å²) in [4.78, 5) is 23.9. The van der Waals surface area contributed by atoms with Crippen molar-refractivity contribution in [2.24, 2.45) is 5.10 Å². The number of hydrogen-bond donors (Lipinski definition) is 4. The zero-order valence-electron chi connectivity index (χ0n) is 13.7. The number of piperazine rings is 1. The molecule has 1 aliphatic heterocycles. The van der Waals surface area contributed by atoms with Crippen molar-refractivity contribution in [1.29, 1.82) is 0 Å². The number of phosphoric acid groups is 1. The molecule has 1 aliphatic rings. The fourth-order valence-corrected chi connectivity index (χ4v) is 1.94. The van der Waals surface area contributed by atoms with Crippen molar-refractivity contribution in [2.75, 3.05) is 39.8 Å². The minimum atomic E-state index is -4.64. The highest BCUT2D eigenvalue weighted by molar-refractivity contribution is 7.45. The van der Waals surface area contributed by atoms with Gasteiger partial charge >= 0.3 is 7.82 Å². The lowest BCUT2D eigenvalue weighted by atomic mass is 10.2. The molecule has 9 nitrogen and oxygen atoms in total. The van der Waals surface area contributed by atoms with Gasteiger partial charge in [-0.3, -0.25) is 5.01 Å². The van der Waals surface area contributed by atoms with Gasteiger partial charge in [0.25, 0.3) is 0 Å². The van der Waals surface area contributed by atoms with Crippen molar-refractivity contribution in [3.05, 3.63) is 23.8 Å². The van der Waals surface area contributed by atoms with Gasteiger partial charge in [0.05, 0.1) is 12.8 Å². The van der Waals surface area contributed by atoms with Gasteiger partial charge in [-0.25, -0.2) is 4.57 Å². The van der Waals surface area contributed by atoms with Gasteiger partial charge < -0.3 is 29.4 Å². The molecule has 1 aromatic carbocycles. The molecule has 1 fully saturated rings. The lowest BCUT2D eigenvalue weighted by Gasteiger charge is -2.30. The van der Waals surface area contributed by atoms with Gasteiger partial charge in [0, 0.05) is 26.2 Å². The second-order valence-corrected chi connectivity index (χ2v) is 6.20. The van der Waals surface area contributed by atoms with Crippen molar-refractivity contribution >= 4 is 14.0 Å². The molecule has 1 saturated heterocycles. The van der Waals surface area contributed by atoms with Gasteiger partial charge in [-0.05, 0) is 37.7 Å². The number of aromatic hydroxyl groups is 1. The highest BCUT2D eigenvalue weighted by atomic mass is 31.2. The Hall–Kier alpha value is -1.64. The van der Waals surface area contributed by atoms with E-state index in [1.54, 1.807) is 12.1 Å². The van der Waals surface area contributed by atoms with Crippen LogP contribution in [0.5, 0.6) is 11.5 Å². The molecule has 0 unspecified atom stereocenters. The first kappa shape index (κ1) is 20.4. The van der Waals surface area contributed by atoms with E-state index in [0.717, 1.165) is 31.7 Å². The normalized spacial score (nSPS) is 16.0. The van der Waals surface area contributed by atoms with Crippen molar-refractivity contribution < 1.29 is 29.1 Å². The summed E-state index contributed by atoms with van der Waals surface area (Å²) in [5.74, 6) is 0.670. The quantitative estimate of drug-likeness (QED) is 0.450. The number of benzene rings is 1. The van der Waals surface area contributed by atoms with Gasteiger partial charge in [-0.1, -0.05) is 0 Å². The summed E-state index contributed by atoms with van der Waals surface area (Å²) in [6.45, 7) is 6.40. The molecule has 0 bridgehead atoms. The number of rotatable bonds is 4. The Kier molecular flexibility index (Phi) is 8.17. The molecule has 24 heavy (non-hydrogen) atoms. The van der Waals surface area contributed by atoms with Crippen LogP contribution in [0, 0.1) is 0 Å². The van der Waals surface area contributed by atoms with Crippen LogP contribution >= 0.6 is 7.82 Å². The zero-order valence-corrected chi connectivity index (χ0v) is 14.6. The Balaban J connectivity index is 0.000000505. The van der Waals surface area contributed by atoms with Crippen LogP contribution in [-0.4, -0.2) is 75.7 Å². The summed E-state index contributed by atoms with van der Waals surface area (Å²) in [5.41, 5.74) is 0.931. The number of nitrogens with zero attached hydrogens (tertiary/aromatic N) is 3. The number of ether oxygens (including phenoxy) is 1. The monoisotopic (exact) mass is 361 g/mol. The average molecular weight is 361 g/mol. The third-order valence-electron chi connectivity index (χ3n) is 3.13. The average Bonchev–Trinajstić information content (AvgIpc) is 2.48. The smallest absolute Gasteiger partial charge is 0.466 e. The van der Waals surface area contributed by atoms with E-state index in [-0.39, 0.29) is 5.75 Å². The van der Waals surface area contributed by atoms with Gasteiger partial charge in [0.2, 0.25) is 0 Å². The molecule has 0 radical (unpaired) electrons. The highest BCUT2D eigenvalue weighted by Crippen LogP contribution is 2.26. The maximum atomic E-state index is 9.63. The Morgan fingerprint density at radius 1 is 1.25 bits per heavy atom. The SMILES string of the molecule is CCOc1cc(/C=N/N2CCN(C)CC2)ccc1O.O=P(O)(O)O. The highest BCUT2D eigenvalue weighted by Gasteiger charge is 2.11. The zero-order chi connectivity index (χ0) is 18.2. The minimum Gasteiger partial charge on any atom is -0.504 e. The number of phenolic OH excluding ortho intramolecular Hbond substituents is 1. The summed E-state index contributed by atoms with van der Waals surface area (Å²) in [5, 5.41) is 16.2. The summed E-state index contributed by atoms with van der Waals surface area (Å²) in [6.07, 6.45) is 1.81. The van der Waals surface area contributed by atoms with Crippen molar-refractivity contribution in [1.82, 2.24) is 9.91 Å².